The van der Waals surface area contributed by atoms with Gasteiger partial charge in [0.05, 0.1) is 17.9 Å². The van der Waals surface area contributed by atoms with E-state index in [9.17, 15) is 23.4 Å². The Kier molecular flexibility index (Phi) is 5.76. The minimum absolute atomic E-state index is 0.133. The molecule has 1 fully saturated rings. The molecule has 0 amide bonds. The zero-order chi connectivity index (χ0) is 20.5. The number of phenolic OH excluding ortho intramolecular Hbond substituents is 1. The number of phenols is 1. The number of nitrogens with one attached hydrogen (secondary N) is 1. The first-order valence-corrected chi connectivity index (χ1v) is 9.01. The molecule has 9 heteroatoms. The second-order valence-corrected chi connectivity index (χ2v) is 7.18. The fraction of sp³-hybridized carbons (Fsp3) is 0.474. The van der Waals surface area contributed by atoms with Crippen molar-refractivity contribution >= 4 is 5.82 Å². The molecule has 1 aromatic heterocycles. The third kappa shape index (κ3) is 4.36. The number of nitrogens with zero attached hydrogens (tertiary/aromatic N) is 3. The van der Waals surface area contributed by atoms with E-state index in [1.807, 2.05) is 7.05 Å². The standard InChI is InChI=1S/C19H23F3N4O2/c1-11-7-12(19(20,21)22)8-16(28)18(11)15-5-6-17(25-24-15)23-13-3-4-14(10-27)26(2)9-13/h5-8,13-14,27-28H,3-4,9-10H2,1-2H3,(H,23,25)/t13-,14+/m1/s1. The summed E-state index contributed by atoms with van der Waals surface area (Å²) in [5, 5.41) is 30.9. The lowest BCUT2D eigenvalue weighted by atomic mass is 9.99. The summed E-state index contributed by atoms with van der Waals surface area (Å²) >= 11 is 0. The Labute approximate surface area is 161 Å². The van der Waals surface area contributed by atoms with Gasteiger partial charge in [-0.15, -0.1) is 10.2 Å². The van der Waals surface area contributed by atoms with Crippen LogP contribution in [0, 0.1) is 6.92 Å². The van der Waals surface area contributed by atoms with Crippen LogP contribution in [0.1, 0.15) is 24.0 Å². The molecular weight excluding hydrogens is 373 g/mol. The molecule has 0 unspecified atom stereocenters. The molecular formula is C19H23F3N4O2. The van der Waals surface area contributed by atoms with Gasteiger partial charge in [0.15, 0.2) is 0 Å². The monoisotopic (exact) mass is 396 g/mol. The SMILES string of the molecule is Cc1cc(C(F)(F)F)cc(O)c1-c1ccc(N[C@@H]2CC[C@@H](CO)N(C)C2)nn1. The third-order valence-corrected chi connectivity index (χ3v) is 5.11. The number of hydrogen-bond acceptors (Lipinski definition) is 6. The molecule has 2 heterocycles. The van der Waals surface area contributed by atoms with Crippen molar-refractivity contribution in [2.24, 2.45) is 0 Å². The van der Waals surface area contributed by atoms with E-state index in [4.69, 9.17) is 0 Å². The second-order valence-electron chi connectivity index (χ2n) is 7.18. The van der Waals surface area contributed by atoms with Crippen LogP contribution in [0.5, 0.6) is 5.75 Å². The summed E-state index contributed by atoms with van der Waals surface area (Å²) in [4.78, 5) is 2.09. The molecule has 0 spiro atoms. The highest BCUT2D eigenvalue weighted by Crippen LogP contribution is 2.38. The van der Waals surface area contributed by atoms with Gasteiger partial charge in [-0.1, -0.05) is 0 Å². The number of halogens is 3. The fourth-order valence-electron chi connectivity index (χ4n) is 3.57. The maximum absolute atomic E-state index is 12.9. The number of aliphatic hydroxyl groups is 1. The van der Waals surface area contributed by atoms with Gasteiger partial charge in [-0.05, 0) is 56.6 Å². The number of piperidine rings is 1. The first-order valence-electron chi connectivity index (χ1n) is 9.01. The van der Waals surface area contributed by atoms with Gasteiger partial charge in [-0.2, -0.15) is 13.2 Å². The minimum Gasteiger partial charge on any atom is -0.507 e. The normalized spacial score (nSPS) is 20.9. The third-order valence-electron chi connectivity index (χ3n) is 5.11. The van der Waals surface area contributed by atoms with Crippen molar-refractivity contribution in [3.05, 3.63) is 35.4 Å². The van der Waals surface area contributed by atoms with Crippen LogP contribution in [-0.4, -0.2) is 57.6 Å². The lowest BCUT2D eigenvalue weighted by Crippen LogP contribution is -2.47. The van der Waals surface area contributed by atoms with Crippen LogP contribution in [0.25, 0.3) is 11.3 Å². The molecule has 0 saturated carbocycles. The molecule has 0 bridgehead atoms. The summed E-state index contributed by atoms with van der Waals surface area (Å²) in [6, 6.07) is 5.32. The molecule has 6 nitrogen and oxygen atoms in total. The summed E-state index contributed by atoms with van der Waals surface area (Å²) in [6.07, 6.45) is -2.77. The van der Waals surface area contributed by atoms with Crippen LogP contribution in [0.4, 0.5) is 19.0 Å². The lowest BCUT2D eigenvalue weighted by molar-refractivity contribution is -0.137. The zero-order valence-corrected chi connectivity index (χ0v) is 15.7. The number of rotatable bonds is 4. The van der Waals surface area contributed by atoms with Gasteiger partial charge >= 0.3 is 6.18 Å². The first kappa shape index (κ1) is 20.3. The molecule has 0 radical (unpaired) electrons. The van der Waals surface area contributed by atoms with Crippen molar-refractivity contribution in [2.45, 2.75) is 38.0 Å². The van der Waals surface area contributed by atoms with Crippen LogP contribution in [-0.2, 0) is 6.18 Å². The van der Waals surface area contributed by atoms with E-state index in [-0.39, 0.29) is 29.8 Å². The average Bonchev–Trinajstić information content (AvgIpc) is 2.62. The van der Waals surface area contributed by atoms with Crippen LogP contribution in [0.15, 0.2) is 24.3 Å². The number of aliphatic hydroxyl groups excluding tert-OH is 1. The van der Waals surface area contributed by atoms with Crippen molar-refractivity contribution in [1.29, 1.82) is 0 Å². The topological polar surface area (TPSA) is 81.5 Å². The summed E-state index contributed by atoms with van der Waals surface area (Å²) in [5.74, 6) is 0.0694. The van der Waals surface area contributed by atoms with Gasteiger partial charge in [0.1, 0.15) is 11.6 Å². The number of aromatic nitrogens is 2. The van der Waals surface area contributed by atoms with E-state index >= 15 is 0 Å². The van der Waals surface area contributed by atoms with E-state index in [0.717, 1.165) is 25.5 Å². The van der Waals surface area contributed by atoms with Crippen LogP contribution in [0.2, 0.25) is 0 Å². The number of likely N-dealkylation sites (tertiary alicyclic amines) is 1. The molecule has 1 saturated heterocycles. The Bertz CT molecular complexity index is 804. The highest BCUT2D eigenvalue weighted by Gasteiger charge is 2.32. The quantitative estimate of drug-likeness (QED) is 0.737. The molecule has 1 aliphatic heterocycles. The molecule has 0 aliphatic carbocycles. The minimum atomic E-state index is -4.53. The number of benzene rings is 1. The molecule has 3 N–H and O–H groups in total. The van der Waals surface area contributed by atoms with Gasteiger partial charge in [0.2, 0.25) is 0 Å². The molecule has 152 valence electrons. The van der Waals surface area contributed by atoms with Crippen molar-refractivity contribution in [1.82, 2.24) is 15.1 Å². The highest BCUT2D eigenvalue weighted by atomic mass is 19.4. The van der Waals surface area contributed by atoms with Gasteiger partial charge < -0.3 is 15.5 Å². The maximum Gasteiger partial charge on any atom is 0.416 e. The molecule has 28 heavy (non-hydrogen) atoms. The summed E-state index contributed by atoms with van der Waals surface area (Å²) in [6.45, 7) is 2.38. The Morgan fingerprint density at radius 1 is 1.21 bits per heavy atom. The average molecular weight is 396 g/mol. The van der Waals surface area contributed by atoms with Gasteiger partial charge in [-0.25, -0.2) is 0 Å². The van der Waals surface area contributed by atoms with Gasteiger partial charge in [-0.3, -0.25) is 4.90 Å². The van der Waals surface area contributed by atoms with Crippen LogP contribution >= 0.6 is 0 Å². The first-order chi connectivity index (χ1) is 13.2. The highest BCUT2D eigenvalue weighted by molar-refractivity contribution is 5.71. The molecule has 3 rings (SSSR count). The van der Waals surface area contributed by atoms with E-state index in [1.165, 1.54) is 6.92 Å². The Morgan fingerprint density at radius 2 is 1.96 bits per heavy atom. The predicted octanol–water partition coefficient (Wildman–Crippen LogP) is 3.04. The number of anilines is 1. The van der Waals surface area contributed by atoms with E-state index in [2.05, 4.69) is 20.4 Å². The van der Waals surface area contributed by atoms with Crippen LogP contribution < -0.4 is 5.32 Å². The fourth-order valence-corrected chi connectivity index (χ4v) is 3.57. The van der Waals surface area contributed by atoms with Crippen molar-refractivity contribution in [3.8, 4) is 17.0 Å². The smallest absolute Gasteiger partial charge is 0.416 e. The summed E-state index contributed by atoms with van der Waals surface area (Å²) in [5.41, 5.74) is -0.1000. The van der Waals surface area contributed by atoms with E-state index < -0.39 is 17.5 Å². The van der Waals surface area contributed by atoms with Crippen LogP contribution in [0.3, 0.4) is 0 Å². The van der Waals surface area contributed by atoms with Gasteiger partial charge in [0, 0.05) is 24.2 Å². The van der Waals surface area contributed by atoms with E-state index in [0.29, 0.717) is 17.6 Å². The Balaban J connectivity index is 1.75. The summed E-state index contributed by atoms with van der Waals surface area (Å²) < 4.78 is 38.6. The Morgan fingerprint density at radius 3 is 2.50 bits per heavy atom. The molecule has 1 aliphatic rings. The maximum atomic E-state index is 12.9. The number of aromatic hydroxyl groups is 1. The molecule has 2 atom stereocenters. The number of aryl methyl sites for hydroxylation is 1. The molecule has 1 aromatic carbocycles. The van der Waals surface area contributed by atoms with Crippen molar-refractivity contribution in [2.75, 3.05) is 25.5 Å². The van der Waals surface area contributed by atoms with Gasteiger partial charge in [0.25, 0.3) is 0 Å². The van der Waals surface area contributed by atoms with E-state index in [1.54, 1.807) is 12.1 Å². The second kappa shape index (κ2) is 7.92. The van der Waals surface area contributed by atoms with Crippen molar-refractivity contribution < 1.29 is 23.4 Å². The predicted molar refractivity (Wildman–Crippen MR) is 99.0 cm³/mol. The Hall–Kier alpha value is -2.39. The number of likely N-dealkylation sites (N-methyl/N-ethyl adjacent to an activating group) is 1. The number of alkyl halides is 3. The molecule has 2 aromatic rings. The number of hydrogen-bond donors (Lipinski definition) is 3. The largest absolute Gasteiger partial charge is 0.507 e. The lowest BCUT2D eigenvalue weighted by Gasteiger charge is -2.36. The van der Waals surface area contributed by atoms with Crippen molar-refractivity contribution in [3.63, 3.8) is 0 Å². The summed E-state index contributed by atoms with van der Waals surface area (Å²) in [7, 11) is 1.96. The zero-order valence-electron chi connectivity index (χ0n) is 15.7.